The third kappa shape index (κ3) is 8.39. The molecule has 0 fully saturated rings. The normalized spacial score (nSPS) is 12.2. The van der Waals surface area contributed by atoms with Crippen LogP contribution in [0.2, 0.25) is 0 Å². The summed E-state index contributed by atoms with van der Waals surface area (Å²) in [6.07, 6.45) is 13.9. The monoisotopic (exact) mass is 451 g/mol. The van der Waals surface area contributed by atoms with Crippen molar-refractivity contribution in [3.63, 3.8) is 0 Å². The van der Waals surface area contributed by atoms with E-state index < -0.39 is 0 Å². The molecule has 178 valence electrons. The summed E-state index contributed by atoms with van der Waals surface area (Å²) >= 11 is 0. The van der Waals surface area contributed by atoms with Gasteiger partial charge in [-0.1, -0.05) is 93.8 Å². The van der Waals surface area contributed by atoms with E-state index in [9.17, 15) is 4.39 Å². The fraction of sp³-hybridized carbons (Fsp3) is 0.500. The number of unbranched alkanes of at least 4 members (excludes halogenated alkanes) is 8. The molecule has 0 radical (unpaired) electrons. The Bertz CT molecular complexity index is 938. The summed E-state index contributed by atoms with van der Waals surface area (Å²) < 4.78 is 19.3. The predicted molar refractivity (Wildman–Crippen MR) is 132 cm³/mol. The molecule has 0 saturated carbocycles. The van der Waals surface area contributed by atoms with Crippen LogP contribution in [0.15, 0.2) is 53.1 Å². The van der Waals surface area contributed by atoms with Crippen molar-refractivity contribution >= 4 is 0 Å². The Morgan fingerprint density at radius 3 is 2.21 bits per heavy atom. The molecule has 0 aliphatic heterocycles. The zero-order valence-electron chi connectivity index (χ0n) is 19.9. The Morgan fingerprint density at radius 1 is 0.848 bits per heavy atom. The molecule has 0 spiro atoms. The highest BCUT2D eigenvalue weighted by Gasteiger charge is 2.12. The van der Waals surface area contributed by atoms with Crippen LogP contribution in [0, 0.1) is 5.82 Å². The smallest absolute Gasteiger partial charge is 0.257 e. The minimum absolute atomic E-state index is 0.149. The molecular weight excluding hydrogens is 413 g/mol. The summed E-state index contributed by atoms with van der Waals surface area (Å²) in [6, 6.07) is 14.6. The highest BCUT2D eigenvalue weighted by Crippen LogP contribution is 2.23. The van der Waals surface area contributed by atoms with Gasteiger partial charge < -0.3 is 10.3 Å². The quantitative estimate of drug-likeness (QED) is 0.242. The maximum Gasteiger partial charge on any atom is 0.257 e. The highest BCUT2D eigenvalue weighted by molar-refractivity contribution is 5.53. The van der Waals surface area contributed by atoms with Crippen LogP contribution in [0.4, 0.5) is 4.39 Å². The molecule has 1 unspecified atom stereocenters. The molecule has 4 nitrogen and oxygen atoms in total. The van der Waals surface area contributed by atoms with Crippen molar-refractivity contribution in [1.82, 2.24) is 10.1 Å². The van der Waals surface area contributed by atoms with E-state index in [1.165, 1.54) is 57.4 Å². The number of aryl methyl sites for hydroxylation is 2. The molecule has 0 aliphatic carbocycles. The van der Waals surface area contributed by atoms with Crippen molar-refractivity contribution in [3.8, 4) is 11.5 Å². The third-order valence-electron chi connectivity index (χ3n) is 6.24. The molecule has 0 aliphatic rings. The lowest BCUT2D eigenvalue weighted by Gasteiger charge is -2.12. The molecule has 3 rings (SSSR count). The van der Waals surface area contributed by atoms with Crippen molar-refractivity contribution in [2.75, 3.05) is 0 Å². The van der Waals surface area contributed by atoms with Crippen LogP contribution in [0.25, 0.3) is 11.5 Å². The van der Waals surface area contributed by atoms with Gasteiger partial charge in [-0.05, 0) is 48.6 Å². The van der Waals surface area contributed by atoms with Gasteiger partial charge in [-0.2, -0.15) is 4.98 Å². The van der Waals surface area contributed by atoms with Gasteiger partial charge in [0.15, 0.2) is 5.82 Å². The molecule has 0 amide bonds. The molecule has 0 saturated heterocycles. The number of nitrogens with zero attached hydrogens (tertiary/aromatic N) is 2. The summed E-state index contributed by atoms with van der Waals surface area (Å²) in [5.74, 6) is 1.15. The van der Waals surface area contributed by atoms with Crippen LogP contribution in [0.5, 0.6) is 0 Å². The molecule has 0 bridgehead atoms. The molecular formula is C28H38FN3O. The van der Waals surface area contributed by atoms with Crippen molar-refractivity contribution in [2.45, 2.75) is 90.0 Å². The summed E-state index contributed by atoms with van der Waals surface area (Å²) in [5, 5.41) is 4.14. The topological polar surface area (TPSA) is 64.9 Å². The number of benzene rings is 2. The minimum Gasteiger partial charge on any atom is -0.334 e. The van der Waals surface area contributed by atoms with Crippen molar-refractivity contribution in [1.29, 1.82) is 0 Å². The number of hydrogen-bond donors (Lipinski definition) is 1. The summed E-state index contributed by atoms with van der Waals surface area (Å²) in [6.45, 7) is 2.26. The average Bonchev–Trinajstić information content (AvgIpc) is 3.31. The maximum absolute atomic E-state index is 13.8. The first-order valence-corrected chi connectivity index (χ1v) is 12.6. The number of nitrogens with two attached hydrogens (primary N) is 1. The molecule has 1 heterocycles. The SMILES string of the molecule is CCCCCCCCCCCc1noc(-c2ccc(C(N)CCc3ccccc3F)cc2)n1. The molecule has 5 heteroatoms. The first kappa shape index (κ1) is 25.1. The van der Waals surface area contributed by atoms with E-state index in [4.69, 9.17) is 10.3 Å². The Labute approximate surface area is 197 Å². The standard InChI is InChI=1S/C28H38FN3O/c1-2-3-4-5-6-7-8-9-10-15-27-31-28(33-32-27)24-18-16-23(17-19-24)26(30)21-20-22-13-11-12-14-25(22)29/h11-14,16-19,26H,2-10,15,20-21,30H2,1H3. The van der Waals surface area contributed by atoms with Crippen LogP contribution >= 0.6 is 0 Å². The maximum atomic E-state index is 13.8. The Balaban J connectivity index is 1.39. The van der Waals surface area contributed by atoms with E-state index in [2.05, 4.69) is 17.1 Å². The first-order chi connectivity index (χ1) is 16.2. The van der Waals surface area contributed by atoms with E-state index in [-0.39, 0.29) is 11.9 Å². The Kier molecular flexibility index (Phi) is 10.6. The summed E-state index contributed by atoms with van der Waals surface area (Å²) in [4.78, 5) is 4.56. The predicted octanol–water partition coefficient (Wildman–Crippen LogP) is 7.58. The van der Waals surface area contributed by atoms with Crippen molar-refractivity contribution in [2.24, 2.45) is 5.73 Å². The first-order valence-electron chi connectivity index (χ1n) is 12.6. The van der Waals surface area contributed by atoms with Gasteiger partial charge in [0.25, 0.3) is 5.89 Å². The van der Waals surface area contributed by atoms with Gasteiger partial charge in [0.05, 0.1) is 0 Å². The van der Waals surface area contributed by atoms with E-state index >= 15 is 0 Å². The molecule has 33 heavy (non-hydrogen) atoms. The lowest BCUT2D eigenvalue weighted by Crippen LogP contribution is -2.11. The van der Waals surface area contributed by atoms with Crippen molar-refractivity contribution in [3.05, 3.63) is 71.3 Å². The number of rotatable bonds is 15. The van der Waals surface area contributed by atoms with Gasteiger partial charge in [-0.25, -0.2) is 4.39 Å². The number of halogens is 1. The van der Waals surface area contributed by atoms with Crippen LogP contribution in [0.1, 0.15) is 94.1 Å². The second-order valence-corrected chi connectivity index (χ2v) is 8.95. The fourth-order valence-electron chi connectivity index (χ4n) is 4.12. The highest BCUT2D eigenvalue weighted by atomic mass is 19.1. The van der Waals surface area contributed by atoms with Gasteiger partial charge in [0.1, 0.15) is 5.82 Å². The van der Waals surface area contributed by atoms with E-state index in [0.717, 1.165) is 29.8 Å². The van der Waals surface area contributed by atoms with Crippen LogP contribution < -0.4 is 5.73 Å². The van der Waals surface area contributed by atoms with Crippen LogP contribution in [0.3, 0.4) is 0 Å². The number of hydrogen-bond acceptors (Lipinski definition) is 4. The molecule has 2 N–H and O–H groups in total. The Hall–Kier alpha value is -2.53. The second-order valence-electron chi connectivity index (χ2n) is 8.95. The third-order valence-corrected chi connectivity index (χ3v) is 6.24. The van der Waals surface area contributed by atoms with Gasteiger partial charge >= 0.3 is 0 Å². The Morgan fingerprint density at radius 2 is 1.52 bits per heavy atom. The van der Waals surface area contributed by atoms with Crippen molar-refractivity contribution < 1.29 is 8.91 Å². The van der Waals surface area contributed by atoms with Crippen LogP contribution in [-0.2, 0) is 12.8 Å². The summed E-state index contributed by atoms with van der Waals surface area (Å²) in [7, 11) is 0. The van der Waals surface area contributed by atoms with Gasteiger partial charge in [-0.15, -0.1) is 0 Å². The van der Waals surface area contributed by atoms with Crippen LogP contribution in [-0.4, -0.2) is 10.1 Å². The fourth-order valence-corrected chi connectivity index (χ4v) is 4.12. The molecule has 1 aromatic heterocycles. The number of aromatic nitrogens is 2. The lowest BCUT2D eigenvalue weighted by atomic mass is 9.98. The second kappa shape index (κ2) is 13.9. The van der Waals surface area contributed by atoms with Gasteiger partial charge in [-0.3, -0.25) is 0 Å². The van der Waals surface area contributed by atoms with E-state index in [0.29, 0.717) is 24.3 Å². The van der Waals surface area contributed by atoms with Gasteiger partial charge in [0, 0.05) is 18.0 Å². The van der Waals surface area contributed by atoms with E-state index in [1.54, 1.807) is 6.07 Å². The minimum atomic E-state index is -0.172. The average molecular weight is 452 g/mol. The largest absolute Gasteiger partial charge is 0.334 e. The molecule has 3 aromatic rings. The molecule has 2 aromatic carbocycles. The zero-order chi connectivity index (χ0) is 23.3. The van der Waals surface area contributed by atoms with E-state index in [1.807, 2.05) is 36.4 Å². The van der Waals surface area contributed by atoms with Gasteiger partial charge in [0.2, 0.25) is 0 Å². The zero-order valence-corrected chi connectivity index (χ0v) is 19.9. The summed E-state index contributed by atoms with van der Waals surface area (Å²) in [5.41, 5.74) is 8.95. The lowest BCUT2D eigenvalue weighted by molar-refractivity contribution is 0.421. The molecule has 1 atom stereocenters.